The molecule has 4 aliphatic rings. The molecular weight excluding hydrogens is 600 g/mol. The minimum absolute atomic E-state index is 0.0367. The molecule has 4 amide bonds. The van der Waals surface area contributed by atoms with Gasteiger partial charge in [0.25, 0.3) is 0 Å². The van der Waals surface area contributed by atoms with Crippen molar-refractivity contribution in [2.45, 2.75) is 109 Å². The van der Waals surface area contributed by atoms with Crippen molar-refractivity contribution in [1.82, 2.24) is 20.4 Å². The first-order valence-electron chi connectivity index (χ1n) is 15.8. The molecule has 1 aliphatic carbocycles. The molecule has 0 unspecified atom stereocenters. The Hall–Kier alpha value is -3.60. The van der Waals surface area contributed by atoms with Crippen molar-refractivity contribution in [1.29, 1.82) is 0 Å². The summed E-state index contributed by atoms with van der Waals surface area (Å²) in [6.45, 7) is 6.09. The number of urea groups is 1. The van der Waals surface area contributed by atoms with Crippen LogP contribution in [0.3, 0.4) is 0 Å². The molecule has 0 bridgehead atoms. The average molecular weight is 643 g/mol. The Balaban J connectivity index is 1.37. The lowest BCUT2D eigenvalue weighted by Crippen LogP contribution is -2.56. The standard InChI is InChI=1S/C33H43ClN4O7/c1-32(2,3)36-30(43)35-25-13-8-6-4-5-7-11-21-15-33(21,29(41)42)16-27(39)26-14-22(18-38(26)28(25)40)45-31(44)37-17-20-10-9-12-24(34)23(20)19-37/h7,9-12,21-22,25-26H,4-6,8,13-19H2,1-3H3,(H,41,42)(H2,35,36,43)/b11-7-/t21-,22-,25+,26+,33-/m1/s1. The molecule has 11 nitrogen and oxygen atoms in total. The van der Waals surface area contributed by atoms with Crippen LogP contribution in [-0.2, 0) is 32.2 Å². The van der Waals surface area contributed by atoms with Gasteiger partial charge in [-0.15, -0.1) is 0 Å². The molecule has 12 heteroatoms. The van der Waals surface area contributed by atoms with E-state index in [1.807, 2.05) is 45.1 Å². The summed E-state index contributed by atoms with van der Waals surface area (Å²) < 4.78 is 5.87. The third-order valence-electron chi connectivity index (χ3n) is 9.24. The van der Waals surface area contributed by atoms with Gasteiger partial charge in [0.1, 0.15) is 12.1 Å². The molecule has 244 valence electrons. The van der Waals surface area contributed by atoms with E-state index in [0.29, 0.717) is 30.8 Å². The Morgan fingerprint density at radius 2 is 1.89 bits per heavy atom. The van der Waals surface area contributed by atoms with Gasteiger partial charge in [-0.05, 0) is 69.6 Å². The third-order valence-corrected chi connectivity index (χ3v) is 9.60. The number of ketones is 1. The molecule has 3 heterocycles. The van der Waals surface area contributed by atoms with Crippen molar-refractivity contribution < 1.29 is 33.8 Å². The summed E-state index contributed by atoms with van der Waals surface area (Å²) in [5.74, 6) is -2.10. The van der Waals surface area contributed by atoms with Crippen molar-refractivity contribution in [3.8, 4) is 0 Å². The van der Waals surface area contributed by atoms with E-state index in [1.54, 1.807) is 6.07 Å². The van der Waals surface area contributed by atoms with Crippen LogP contribution < -0.4 is 10.6 Å². The fourth-order valence-corrected chi connectivity index (χ4v) is 6.99. The van der Waals surface area contributed by atoms with E-state index in [9.17, 15) is 29.1 Å². The second-order valence-electron chi connectivity index (χ2n) is 13.9. The molecule has 1 aromatic rings. The number of nitrogens with zero attached hydrogens (tertiary/aromatic N) is 2. The number of Topliss-reactive ketones (excluding diaryl/α,β-unsaturated/α-hetero) is 1. The van der Waals surface area contributed by atoms with Gasteiger partial charge in [0, 0.05) is 29.9 Å². The van der Waals surface area contributed by atoms with Crippen molar-refractivity contribution in [3.63, 3.8) is 0 Å². The van der Waals surface area contributed by atoms with E-state index in [4.69, 9.17) is 16.3 Å². The number of nitrogens with one attached hydrogen (secondary N) is 2. The number of carbonyl (C=O) groups excluding carboxylic acids is 4. The van der Waals surface area contributed by atoms with Gasteiger partial charge in [-0.3, -0.25) is 19.3 Å². The lowest BCUT2D eigenvalue weighted by molar-refractivity contribution is -0.147. The number of rotatable bonds is 3. The quantitative estimate of drug-likeness (QED) is 0.402. The van der Waals surface area contributed by atoms with Crippen LogP contribution in [0.1, 0.15) is 83.3 Å². The summed E-state index contributed by atoms with van der Waals surface area (Å²) in [6.07, 6.45) is 6.20. The highest BCUT2D eigenvalue weighted by molar-refractivity contribution is 6.31. The maximum Gasteiger partial charge on any atom is 0.410 e. The van der Waals surface area contributed by atoms with Gasteiger partial charge in [0.15, 0.2) is 5.78 Å². The number of hydrogen-bond acceptors (Lipinski definition) is 6. The molecule has 0 spiro atoms. The summed E-state index contributed by atoms with van der Waals surface area (Å²) in [7, 11) is 0. The normalized spacial score (nSPS) is 29.4. The van der Waals surface area contributed by atoms with Crippen LogP contribution in [0.25, 0.3) is 0 Å². The highest BCUT2D eigenvalue weighted by Crippen LogP contribution is 2.57. The summed E-state index contributed by atoms with van der Waals surface area (Å²) in [4.78, 5) is 69.4. The lowest BCUT2D eigenvalue weighted by Gasteiger charge is -2.30. The Morgan fingerprint density at radius 3 is 2.60 bits per heavy atom. The maximum absolute atomic E-state index is 14.1. The number of carboxylic acids is 1. The number of hydrogen-bond donors (Lipinski definition) is 3. The predicted octanol–water partition coefficient (Wildman–Crippen LogP) is 4.80. The average Bonchev–Trinajstić information content (AvgIpc) is 3.27. The fraction of sp³-hybridized carbons (Fsp3) is 0.606. The summed E-state index contributed by atoms with van der Waals surface area (Å²) >= 11 is 6.33. The molecule has 1 saturated carbocycles. The van der Waals surface area contributed by atoms with Crippen LogP contribution >= 0.6 is 11.6 Å². The Bertz CT molecular complexity index is 1390. The fourth-order valence-electron chi connectivity index (χ4n) is 6.74. The minimum Gasteiger partial charge on any atom is -0.481 e. The molecule has 3 N–H and O–H groups in total. The number of fused-ring (bicyclic) bond motifs is 3. The number of allylic oxidation sites excluding steroid dienone is 2. The smallest absolute Gasteiger partial charge is 0.410 e. The van der Waals surface area contributed by atoms with Gasteiger partial charge in [0.05, 0.1) is 24.5 Å². The zero-order chi connectivity index (χ0) is 32.5. The lowest BCUT2D eigenvalue weighted by atomic mass is 9.92. The molecular formula is C33H43ClN4O7. The zero-order valence-corrected chi connectivity index (χ0v) is 26.9. The molecule has 0 radical (unpaired) electrons. The molecule has 45 heavy (non-hydrogen) atoms. The first-order chi connectivity index (χ1) is 21.3. The summed E-state index contributed by atoms with van der Waals surface area (Å²) in [5, 5.41) is 16.3. The van der Waals surface area contributed by atoms with Crippen molar-refractivity contribution in [2.24, 2.45) is 11.3 Å². The van der Waals surface area contributed by atoms with Gasteiger partial charge in [-0.1, -0.05) is 48.7 Å². The van der Waals surface area contributed by atoms with Gasteiger partial charge in [-0.25, -0.2) is 9.59 Å². The molecule has 0 aromatic heterocycles. The van der Waals surface area contributed by atoms with Crippen LogP contribution in [0.2, 0.25) is 5.02 Å². The Kier molecular flexibility index (Phi) is 9.49. The van der Waals surface area contributed by atoms with Crippen molar-refractivity contribution in [3.05, 3.63) is 46.5 Å². The monoisotopic (exact) mass is 642 g/mol. The number of carbonyl (C=O) groups is 5. The van der Waals surface area contributed by atoms with E-state index in [0.717, 1.165) is 30.4 Å². The van der Waals surface area contributed by atoms with Crippen LogP contribution in [0, 0.1) is 11.3 Å². The number of ether oxygens (including phenoxy) is 1. The SMILES string of the molecule is CC(C)(C)NC(=O)N[C@H]1CCCCC/C=C\[C@@H]2C[C@@]2(C(=O)O)CC(=O)[C@@H]2C[C@@H](OC(=O)N3Cc4cccc(Cl)c4C3)CN2C1=O. The largest absolute Gasteiger partial charge is 0.481 e. The van der Waals surface area contributed by atoms with Crippen LogP contribution in [0.15, 0.2) is 30.4 Å². The molecule has 2 fully saturated rings. The first-order valence-corrected chi connectivity index (χ1v) is 16.2. The van der Waals surface area contributed by atoms with Crippen LogP contribution in [0.5, 0.6) is 0 Å². The summed E-state index contributed by atoms with van der Waals surface area (Å²) in [6, 6.07) is 3.11. The number of benzene rings is 1. The van der Waals surface area contributed by atoms with E-state index in [2.05, 4.69) is 10.6 Å². The van der Waals surface area contributed by atoms with Crippen molar-refractivity contribution >= 4 is 41.4 Å². The highest BCUT2D eigenvalue weighted by atomic mass is 35.5. The summed E-state index contributed by atoms with van der Waals surface area (Å²) in [5.41, 5.74) is 0.0476. The second kappa shape index (κ2) is 13.0. The molecule has 3 aliphatic heterocycles. The number of amides is 4. The van der Waals surface area contributed by atoms with E-state index in [-0.39, 0.29) is 37.6 Å². The van der Waals surface area contributed by atoms with E-state index >= 15 is 0 Å². The predicted molar refractivity (Wildman–Crippen MR) is 166 cm³/mol. The van der Waals surface area contributed by atoms with Crippen LogP contribution in [-0.4, -0.2) is 75.0 Å². The van der Waals surface area contributed by atoms with Gasteiger partial charge in [-0.2, -0.15) is 0 Å². The third kappa shape index (κ3) is 7.45. The molecule has 5 atom stereocenters. The molecule has 1 aromatic carbocycles. The highest BCUT2D eigenvalue weighted by Gasteiger charge is 2.61. The molecule has 5 rings (SSSR count). The minimum atomic E-state index is -1.21. The van der Waals surface area contributed by atoms with E-state index < -0.39 is 53.1 Å². The maximum atomic E-state index is 14.1. The Morgan fingerprint density at radius 1 is 1.11 bits per heavy atom. The van der Waals surface area contributed by atoms with Gasteiger partial charge >= 0.3 is 18.1 Å². The topological polar surface area (TPSA) is 145 Å². The van der Waals surface area contributed by atoms with Gasteiger partial charge in [0.2, 0.25) is 5.91 Å². The Labute approximate surface area is 268 Å². The van der Waals surface area contributed by atoms with E-state index in [1.165, 1.54) is 9.80 Å². The van der Waals surface area contributed by atoms with Gasteiger partial charge < -0.3 is 25.4 Å². The number of carboxylic acid groups (broad SMARTS) is 1. The zero-order valence-electron chi connectivity index (χ0n) is 26.1. The van der Waals surface area contributed by atoms with Crippen molar-refractivity contribution in [2.75, 3.05) is 6.54 Å². The molecule has 1 saturated heterocycles. The first kappa shape index (κ1) is 32.8. The second-order valence-corrected chi connectivity index (χ2v) is 14.3. The number of halogens is 1. The number of aliphatic carboxylic acids is 1. The van der Waals surface area contributed by atoms with Crippen LogP contribution in [0.4, 0.5) is 9.59 Å².